The van der Waals surface area contributed by atoms with E-state index in [9.17, 15) is 0 Å². The van der Waals surface area contributed by atoms with E-state index in [1.807, 2.05) is 0 Å². The van der Waals surface area contributed by atoms with Gasteiger partial charge in [0.05, 0.1) is 18.1 Å². The number of nitrogen functional groups attached to an aromatic ring is 1. The molecule has 0 amide bonds. The summed E-state index contributed by atoms with van der Waals surface area (Å²) in [4.78, 5) is 10.5. The maximum atomic E-state index is 5.19. The lowest BCUT2D eigenvalue weighted by atomic mass is 10.3. The highest BCUT2D eigenvalue weighted by atomic mass is 15.3. The Labute approximate surface area is 84.3 Å². The van der Waals surface area contributed by atoms with E-state index in [1.54, 1.807) is 12.4 Å². The standard InChI is InChI=1S/C9H17N5/c1-7(2)14(3)6-8-4-12-9(13-10)5-11-8/h4-5,7H,6,10H2,1-3H3,(H,12,13). The van der Waals surface area contributed by atoms with Crippen LogP contribution in [0.1, 0.15) is 19.5 Å². The molecule has 78 valence electrons. The average molecular weight is 195 g/mol. The molecule has 5 heteroatoms. The largest absolute Gasteiger partial charge is 0.307 e. The van der Waals surface area contributed by atoms with Gasteiger partial charge in [0.1, 0.15) is 0 Å². The summed E-state index contributed by atoms with van der Waals surface area (Å²) in [6.07, 6.45) is 3.36. The van der Waals surface area contributed by atoms with Crippen molar-refractivity contribution in [2.75, 3.05) is 12.5 Å². The summed E-state index contributed by atoms with van der Waals surface area (Å²) in [5, 5.41) is 0. The second-order valence-corrected chi connectivity index (χ2v) is 3.55. The molecular weight excluding hydrogens is 178 g/mol. The van der Waals surface area contributed by atoms with E-state index in [0.29, 0.717) is 11.9 Å². The quantitative estimate of drug-likeness (QED) is 0.544. The van der Waals surface area contributed by atoms with Gasteiger partial charge in [-0.2, -0.15) is 0 Å². The number of nitrogens with two attached hydrogens (primary N) is 1. The minimum atomic E-state index is 0.504. The van der Waals surface area contributed by atoms with Gasteiger partial charge in [0.15, 0.2) is 5.82 Å². The number of nitrogens with one attached hydrogen (secondary N) is 1. The third kappa shape index (κ3) is 2.93. The molecule has 3 N–H and O–H groups in total. The van der Waals surface area contributed by atoms with Crippen molar-refractivity contribution in [1.29, 1.82) is 0 Å². The van der Waals surface area contributed by atoms with Gasteiger partial charge in [0, 0.05) is 12.6 Å². The summed E-state index contributed by atoms with van der Waals surface area (Å²) >= 11 is 0. The second-order valence-electron chi connectivity index (χ2n) is 3.55. The van der Waals surface area contributed by atoms with Crippen LogP contribution in [-0.2, 0) is 6.54 Å². The molecule has 0 saturated heterocycles. The first-order valence-corrected chi connectivity index (χ1v) is 4.61. The number of hydrogen-bond acceptors (Lipinski definition) is 5. The molecule has 0 spiro atoms. The monoisotopic (exact) mass is 195 g/mol. The van der Waals surface area contributed by atoms with Gasteiger partial charge in [0.2, 0.25) is 0 Å². The highest BCUT2D eigenvalue weighted by molar-refractivity contribution is 5.28. The summed E-state index contributed by atoms with van der Waals surface area (Å²) in [7, 11) is 2.06. The van der Waals surface area contributed by atoms with Crippen molar-refractivity contribution in [3.63, 3.8) is 0 Å². The molecule has 14 heavy (non-hydrogen) atoms. The molecule has 0 saturated carbocycles. The number of aromatic nitrogens is 2. The summed E-state index contributed by atoms with van der Waals surface area (Å²) < 4.78 is 0. The number of hydrogen-bond donors (Lipinski definition) is 2. The Morgan fingerprint density at radius 3 is 2.57 bits per heavy atom. The van der Waals surface area contributed by atoms with Crippen molar-refractivity contribution < 1.29 is 0 Å². The molecule has 0 aromatic carbocycles. The Hall–Kier alpha value is -1.20. The molecule has 0 fully saturated rings. The Kier molecular flexibility index (Phi) is 3.79. The Balaban J connectivity index is 2.59. The highest BCUT2D eigenvalue weighted by Crippen LogP contribution is 2.03. The molecule has 5 nitrogen and oxygen atoms in total. The molecule has 0 atom stereocenters. The van der Waals surface area contributed by atoms with Crippen LogP contribution in [0.4, 0.5) is 5.82 Å². The zero-order chi connectivity index (χ0) is 10.6. The fraction of sp³-hybridized carbons (Fsp3) is 0.556. The van der Waals surface area contributed by atoms with Gasteiger partial charge in [-0.1, -0.05) is 0 Å². The van der Waals surface area contributed by atoms with E-state index < -0.39 is 0 Å². The zero-order valence-corrected chi connectivity index (χ0v) is 8.86. The molecule has 1 aromatic rings. The van der Waals surface area contributed by atoms with Crippen molar-refractivity contribution in [2.24, 2.45) is 5.84 Å². The van der Waals surface area contributed by atoms with Crippen LogP contribution in [0.5, 0.6) is 0 Å². The topological polar surface area (TPSA) is 67.1 Å². The van der Waals surface area contributed by atoms with Crippen molar-refractivity contribution in [3.05, 3.63) is 18.1 Å². The first-order valence-electron chi connectivity index (χ1n) is 4.61. The molecule has 1 heterocycles. The van der Waals surface area contributed by atoms with Crippen molar-refractivity contribution in [1.82, 2.24) is 14.9 Å². The SMILES string of the molecule is CC(C)N(C)Cc1cnc(NN)cn1. The van der Waals surface area contributed by atoms with Crippen molar-refractivity contribution in [2.45, 2.75) is 26.4 Å². The average Bonchev–Trinajstić information content (AvgIpc) is 2.19. The van der Waals surface area contributed by atoms with Crippen LogP contribution in [0, 0.1) is 0 Å². The maximum Gasteiger partial charge on any atom is 0.158 e. The third-order valence-corrected chi connectivity index (χ3v) is 2.15. The lowest BCUT2D eigenvalue weighted by Gasteiger charge is -2.20. The molecular formula is C9H17N5. The molecule has 0 unspecified atom stereocenters. The van der Waals surface area contributed by atoms with E-state index in [0.717, 1.165) is 12.2 Å². The van der Waals surface area contributed by atoms with Crippen LogP contribution < -0.4 is 11.3 Å². The fourth-order valence-electron chi connectivity index (χ4n) is 0.949. The molecule has 0 bridgehead atoms. The van der Waals surface area contributed by atoms with Crippen LogP contribution >= 0.6 is 0 Å². The van der Waals surface area contributed by atoms with Crippen LogP contribution in [-0.4, -0.2) is 28.0 Å². The normalized spacial score (nSPS) is 11.0. The first-order chi connectivity index (χ1) is 6.63. The minimum absolute atomic E-state index is 0.504. The summed E-state index contributed by atoms with van der Waals surface area (Å²) in [6.45, 7) is 5.09. The van der Waals surface area contributed by atoms with Crippen LogP contribution in [0.25, 0.3) is 0 Å². The molecule has 1 rings (SSSR count). The Morgan fingerprint density at radius 1 is 1.43 bits per heavy atom. The first kappa shape index (κ1) is 10.9. The summed E-state index contributed by atoms with van der Waals surface area (Å²) in [5.41, 5.74) is 3.39. The molecule has 1 aromatic heterocycles. The fourth-order valence-corrected chi connectivity index (χ4v) is 0.949. The molecule has 0 radical (unpaired) electrons. The lowest BCUT2D eigenvalue weighted by Crippen LogP contribution is -2.26. The number of rotatable bonds is 4. The third-order valence-electron chi connectivity index (χ3n) is 2.15. The molecule has 0 aliphatic carbocycles. The highest BCUT2D eigenvalue weighted by Gasteiger charge is 2.05. The van der Waals surface area contributed by atoms with Gasteiger partial charge in [-0.15, -0.1) is 0 Å². The predicted octanol–water partition coefficient (Wildman–Crippen LogP) is 0.602. The lowest BCUT2D eigenvalue weighted by molar-refractivity contribution is 0.262. The van der Waals surface area contributed by atoms with Crippen LogP contribution in [0.15, 0.2) is 12.4 Å². The van der Waals surface area contributed by atoms with E-state index in [1.165, 1.54) is 0 Å². The number of nitrogens with zero attached hydrogens (tertiary/aromatic N) is 3. The molecule has 0 aliphatic heterocycles. The van der Waals surface area contributed by atoms with Gasteiger partial charge in [0.25, 0.3) is 0 Å². The predicted molar refractivity (Wildman–Crippen MR) is 56.4 cm³/mol. The van der Waals surface area contributed by atoms with Gasteiger partial charge in [-0.3, -0.25) is 9.88 Å². The van der Waals surface area contributed by atoms with Gasteiger partial charge < -0.3 is 5.43 Å². The van der Waals surface area contributed by atoms with Crippen LogP contribution in [0.3, 0.4) is 0 Å². The Bertz CT molecular complexity index is 269. The van der Waals surface area contributed by atoms with E-state index in [-0.39, 0.29) is 0 Å². The summed E-state index contributed by atoms with van der Waals surface area (Å²) in [6, 6.07) is 0.504. The van der Waals surface area contributed by atoms with Gasteiger partial charge in [-0.05, 0) is 20.9 Å². The number of hydrazine groups is 1. The smallest absolute Gasteiger partial charge is 0.158 e. The molecule has 0 aliphatic rings. The Morgan fingerprint density at radius 2 is 2.14 bits per heavy atom. The van der Waals surface area contributed by atoms with Gasteiger partial charge in [-0.25, -0.2) is 10.8 Å². The van der Waals surface area contributed by atoms with Crippen molar-refractivity contribution >= 4 is 5.82 Å². The zero-order valence-electron chi connectivity index (χ0n) is 8.86. The van der Waals surface area contributed by atoms with Gasteiger partial charge >= 0.3 is 0 Å². The van der Waals surface area contributed by atoms with Crippen molar-refractivity contribution in [3.8, 4) is 0 Å². The number of anilines is 1. The minimum Gasteiger partial charge on any atom is -0.307 e. The van der Waals surface area contributed by atoms with Crippen LogP contribution in [0.2, 0.25) is 0 Å². The van der Waals surface area contributed by atoms with E-state index in [2.05, 4.69) is 41.2 Å². The summed E-state index contributed by atoms with van der Waals surface area (Å²) in [5.74, 6) is 5.77. The maximum absolute atomic E-state index is 5.19. The second kappa shape index (κ2) is 4.88. The van der Waals surface area contributed by atoms with E-state index >= 15 is 0 Å². The van der Waals surface area contributed by atoms with E-state index in [4.69, 9.17) is 5.84 Å².